The minimum absolute atomic E-state index is 0.602. The van der Waals surface area contributed by atoms with Gasteiger partial charge in [-0.05, 0) is 12.8 Å². The molecule has 17 heavy (non-hydrogen) atoms. The molecule has 92 valence electrons. The predicted molar refractivity (Wildman–Crippen MR) is 64.8 cm³/mol. The molecular formula is C11H17N5O. The first-order chi connectivity index (χ1) is 8.36. The molecule has 0 amide bonds. The molecular weight excluding hydrogens is 218 g/mol. The summed E-state index contributed by atoms with van der Waals surface area (Å²) in [6.45, 7) is 3.17. The maximum Gasteiger partial charge on any atom is 0.227 e. The van der Waals surface area contributed by atoms with Crippen molar-refractivity contribution >= 4 is 11.8 Å². The fourth-order valence-electron chi connectivity index (χ4n) is 2.02. The van der Waals surface area contributed by atoms with Crippen LogP contribution in [0.4, 0.5) is 11.8 Å². The summed E-state index contributed by atoms with van der Waals surface area (Å²) >= 11 is 0. The van der Waals surface area contributed by atoms with E-state index < -0.39 is 0 Å². The normalized spacial score (nSPS) is 20.4. The molecule has 0 aromatic carbocycles. The summed E-state index contributed by atoms with van der Waals surface area (Å²) in [5.41, 5.74) is 3.73. The summed E-state index contributed by atoms with van der Waals surface area (Å²) in [4.78, 5) is 11.2. The van der Waals surface area contributed by atoms with Crippen molar-refractivity contribution in [2.45, 2.75) is 18.8 Å². The van der Waals surface area contributed by atoms with E-state index in [-0.39, 0.29) is 0 Å². The number of nitrogens with zero attached hydrogens (tertiary/aromatic N) is 3. The van der Waals surface area contributed by atoms with Gasteiger partial charge in [-0.2, -0.15) is 4.98 Å². The van der Waals surface area contributed by atoms with Gasteiger partial charge in [-0.1, -0.05) is 0 Å². The van der Waals surface area contributed by atoms with Crippen LogP contribution in [0.3, 0.4) is 0 Å². The van der Waals surface area contributed by atoms with E-state index in [1.54, 1.807) is 0 Å². The maximum absolute atomic E-state index is 5.45. The quantitative estimate of drug-likeness (QED) is 0.586. The molecule has 0 atom stereocenters. The number of anilines is 2. The number of nitrogens with one attached hydrogen (secondary N) is 1. The molecule has 6 heteroatoms. The highest BCUT2D eigenvalue weighted by molar-refractivity contribution is 5.44. The first-order valence-electron chi connectivity index (χ1n) is 6.05. The van der Waals surface area contributed by atoms with Crippen LogP contribution < -0.4 is 16.2 Å². The molecule has 0 bridgehead atoms. The zero-order chi connectivity index (χ0) is 11.7. The molecule has 0 unspecified atom stereocenters. The van der Waals surface area contributed by atoms with Crippen LogP contribution in [0.2, 0.25) is 0 Å². The van der Waals surface area contributed by atoms with Crippen LogP contribution in [0.1, 0.15) is 24.5 Å². The average Bonchev–Trinajstić information content (AvgIpc) is 3.23. The van der Waals surface area contributed by atoms with Gasteiger partial charge in [0.25, 0.3) is 0 Å². The third-order valence-corrected chi connectivity index (χ3v) is 3.17. The number of hydrogen-bond donors (Lipinski definition) is 2. The summed E-state index contributed by atoms with van der Waals surface area (Å²) < 4.78 is 5.33. The summed E-state index contributed by atoms with van der Waals surface area (Å²) in [6.07, 6.45) is 2.45. The molecule has 1 aromatic heterocycles. The Hall–Kier alpha value is -1.40. The molecule has 6 nitrogen and oxygen atoms in total. The average molecular weight is 235 g/mol. The second-order valence-electron chi connectivity index (χ2n) is 4.50. The van der Waals surface area contributed by atoms with Crippen LogP contribution in [-0.2, 0) is 4.74 Å². The smallest absolute Gasteiger partial charge is 0.227 e. The third kappa shape index (κ3) is 2.32. The Morgan fingerprint density at radius 2 is 2.06 bits per heavy atom. The van der Waals surface area contributed by atoms with Crippen LogP contribution in [0.15, 0.2) is 6.07 Å². The Morgan fingerprint density at radius 3 is 2.71 bits per heavy atom. The highest BCUT2D eigenvalue weighted by Crippen LogP contribution is 2.40. The Balaban J connectivity index is 1.88. The lowest BCUT2D eigenvalue weighted by molar-refractivity contribution is 0.122. The van der Waals surface area contributed by atoms with Gasteiger partial charge in [0, 0.05) is 25.1 Å². The molecule has 2 aliphatic rings. The largest absolute Gasteiger partial charge is 0.378 e. The van der Waals surface area contributed by atoms with Gasteiger partial charge in [0.1, 0.15) is 5.82 Å². The molecule has 1 saturated heterocycles. The van der Waals surface area contributed by atoms with Crippen molar-refractivity contribution in [3.8, 4) is 0 Å². The topological polar surface area (TPSA) is 76.3 Å². The SMILES string of the molecule is NNc1cc(C2CC2)nc(N2CCOCC2)n1. The van der Waals surface area contributed by atoms with E-state index in [4.69, 9.17) is 10.6 Å². The van der Waals surface area contributed by atoms with Crippen molar-refractivity contribution in [2.75, 3.05) is 36.6 Å². The Morgan fingerprint density at radius 1 is 1.29 bits per heavy atom. The van der Waals surface area contributed by atoms with Crippen LogP contribution in [-0.4, -0.2) is 36.3 Å². The number of morpholine rings is 1. The lowest BCUT2D eigenvalue weighted by Crippen LogP contribution is -2.37. The van der Waals surface area contributed by atoms with Crippen molar-refractivity contribution in [3.05, 3.63) is 11.8 Å². The fourth-order valence-corrected chi connectivity index (χ4v) is 2.02. The lowest BCUT2D eigenvalue weighted by atomic mass is 10.3. The number of aromatic nitrogens is 2. The minimum atomic E-state index is 0.602. The maximum atomic E-state index is 5.45. The molecule has 1 aliphatic heterocycles. The van der Waals surface area contributed by atoms with E-state index in [1.165, 1.54) is 12.8 Å². The molecule has 2 fully saturated rings. The molecule has 1 aliphatic carbocycles. The zero-order valence-corrected chi connectivity index (χ0v) is 9.72. The van der Waals surface area contributed by atoms with Gasteiger partial charge in [0.15, 0.2) is 0 Å². The predicted octanol–water partition coefficient (Wildman–Crippen LogP) is 0.476. The Bertz CT molecular complexity index is 401. The van der Waals surface area contributed by atoms with Crippen LogP contribution in [0, 0.1) is 0 Å². The number of nitrogens with two attached hydrogens (primary N) is 1. The number of ether oxygens (including phenoxy) is 1. The van der Waals surface area contributed by atoms with Crippen LogP contribution >= 0.6 is 0 Å². The number of hydrazine groups is 1. The monoisotopic (exact) mass is 235 g/mol. The van der Waals surface area contributed by atoms with E-state index in [1.807, 2.05) is 6.07 Å². The first-order valence-corrected chi connectivity index (χ1v) is 6.05. The molecule has 0 spiro atoms. The fraction of sp³-hybridized carbons (Fsp3) is 0.636. The second-order valence-corrected chi connectivity index (χ2v) is 4.50. The zero-order valence-electron chi connectivity index (χ0n) is 9.72. The first kappa shape index (κ1) is 10.7. The summed E-state index contributed by atoms with van der Waals surface area (Å²) in [5.74, 6) is 7.52. The second kappa shape index (κ2) is 4.46. The van der Waals surface area contributed by atoms with Gasteiger partial charge in [-0.15, -0.1) is 0 Å². The number of nitrogen functional groups attached to an aromatic ring is 1. The molecule has 1 aromatic rings. The van der Waals surface area contributed by atoms with Gasteiger partial charge >= 0.3 is 0 Å². The van der Waals surface area contributed by atoms with E-state index >= 15 is 0 Å². The van der Waals surface area contributed by atoms with E-state index in [0.717, 1.165) is 37.9 Å². The van der Waals surface area contributed by atoms with E-state index in [0.29, 0.717) is 11.7 Å². The van der Waals surface area contributed by atoms with Gasteiger partial charge in [-0.3, -0.25) is 0 Å². The Labute approximate surface area is 100 Å². The van der Waals surface area contributed by atoms with Gasteiger partial charge < -0.3 is 15.1 Å². The summed E-state index contributed by atoms with van der Waals surface area (Å²) in [5, 5.41) is 0. The van der Waals surface area contributed by atoms with Crippen molar-refractivity contribution < 1.29 is 4.74 Å². The van der Waals surface area contributed by atoms with Gasteiger partial charge in [0.2, 0.25) is 5.95 Å². The summed E-state index contributed by atoms with van der Waals surface area (Å²) in [7, 11) is 0. The highest BCUT2D eigenvalue weighted by atomic mass is 16.5. The number of hydrogen-bond acceptors (Lipinski definition) is 6. The minimum Gasteiger partial charge on any atom is -0.378 e. The molecule has 3 rings (SSSR count). The molecule has 0 radical (unpaired) electrons. The third-order valence-electron chi connectivity index (χ3n) is 3.17. The summed E-state index contributed by atoms with van der Waals surface area (Å²) in [6, 6.07) is 1.95. The van der Waals surface area contributed by atoms with Crippen molar-refractivity contribution in [3.63, 3.8) is 0 Å². The standard InChI is InChI=1S/C11H17N5O/c12-15-10-7-9(8-1-2-8)13-11(14-10)16-3-5-17-6-4-16/h7-8H,1-6,12H2,(H,13,14,15). The number of rotatable bonds is 3. The van der Waals surface area contributed by atoms with E-state index in [9.17, 15) is 0 Å². The van der Waals surface area contributed by atoms with Crippen LogP contribution in [0.25, 0.3) is 0 Å². The van der Waals surface area contributed by atoms with Crippen molar-refractivity contribution in [1.29, 1.82) is 0 Å². The molecule has 3 N–H and O–H groups in total. The van der Waals surface area contributed by atoms with Crippen molar-refractivity contribution in [2.24, 2.45) is 5.84 Å². The lowest BCUT2D eigenvalue weighted by Gasteiger charge is -2.27. The highest BCUT2D eigenvalue weighted by Gasteiger charge is 2.27. The molecule has 2 heterocycles. The van der Waals surface area contributed by atoms with E-state index in [2.05, 4.69) is 20.3 Å². The molecule has 1 saturated carbocycles. The van der Waals surface area contributed by atoms with Crippen molar-refractivity contribution in [1.82, 2.24) is 9.97 Å². The van der Waals surface area contributed by atoms with Crippen LogP contribution in [0.5, 0.6) is 0 Å². The van der Waals surface area contributed by atoms with Gasteiger partial charge in [0.05, 0.1) is 18.9 Å². The van der Waals surface area contributed by atoms with Gasteiger partial charge in [-0.25, -0.2) is 10.8 Å². The Kier molecular flexibility index (Phi) is 2.82.